The van der Waals surface area contributed by atoms with Crippen molar-refractivity contribution in [2.45, 2.75) is 62.6 Å². The number of methoxy groups -OCH3 is 1. The van der Waals surface area contributed by atoms with Gasteiger partial charge in [-0.2, -0.15) is 0 Å². The molecular formula is C14H26N2O. The molecule has 1 saturated heterocycles. The molecule has 1 heterocycles. The van der Waals surface area contributed by atoms with Crippen molar-refractivity contribution in [1.29, 1.82) is 0 Å². The van der Waals surface area contributed by atoms with Crippen LogP contribution in [0.4, 0.5) is 0 Å². The molecule has 3 heteroatoms. The first kappa shape index (κ1) is 11.9. The van der Waals surface area contributed by atoms with Crippen molar-refractivity contribution in [3.8, 4) is 0 Å². The molecule has 3 aliphatic rings. The highest BCUT2D eigenvalue weighted by molar-refractivity contribution is 5.04. The van der Waals surface area contributed by atoms with E-state index in [1.54, 1.807) is 0 Å². The molecule has 3 rings (SSSR count). The number of likely N-dealkylation sites (tertiary alicyclic amines) is 1. The predicted octanol–water partition coefficient (Wildman–Crippen LogP) is 1.76. The minimum Gasteiger partial charge on any atom is -0.381 e. The van der Waals surface area contributed by atoms with Gasteiger partial charge >= 0.3 is 0 Å². The molecule has 0 aromatic carbocycles. The first-order valence-corrected chi connectivity index (χ1v) is 7.27. The van der Waals surface area contributed by atoms with Crippen LogP contribution in [-0.2, 0) is 4.74 Å². The fourth-order valence-corrected chi connectivity index (χ4v) is 4.48. The topological polar surface area (TPSA) is 38.5 Å². The van der Waals surface area contributed by atoms with Crippen molar-refractivity contribution in [2.75, 3.05) is 20.2 Å². The van der Waals surface area contributed by atoms with Gasteiger partial charge in [-0.1, -0.05) is 0 Å². The molecule has 98 valence electrons. The Balaban J connectivity index is 1.70. The summed E-state index contributed by atoms with van der Waals surface area (Å²) in [5.41, 5.74) is 6.47. The molecule has 2 unspecified atom stereocenters. The minimum atomic E-state index is 0.314. The normalized spacial score (nSPS) is 46.6. The number of nitrogens with zero attached hydrogens (tertiary/aromatic N) is 1. The van der Waals surface area contributed by atoms with Gasteiger partial charge in [0.15, 0.2) is 0 Å². The molecule has 0 aromatic heterocycles. The van der Waals surface area contributed by atoms with Crippen LogP contribution in [0.1, 0.15) is 44.9 Å². The molecule has 0 spiro atoms. The zero-order valence-electron chi connectivity index (χ0n) is 11.0. The van der Waals surface area contributed by atoms with Gasteiger partial charge in [-0.3, -0.25) is 4.90 Å². The lowest BCUT2D eigenvalue weighted by Gasteiger charge is -2.49. The molecule has 17 heavy (non-hydrogen) atoms. The van der Waals surface area contributed by atoms with E-state index in [9.17, 15) is 0 Å². The Kier molecular flexibility index (Phi) is 3.18. The Hall–Kier alpha value is -0.120. The summed E-state index contributed by atoms with van der Waals surface area (Å²) in [4.78, 5) is 2.78. The van der Waals surface area contributed by atoms with Crippen molar-refractivity contribution in [2.24, 2.45) is 11.7 Å². The molecule has 0 aromatic rings. The second kappa shape index (κ2) is 4.52. The Labute approximate surface area is 105 Å². The third kappa shape index (κ3) is 1.92. The maximum Gasteiger partial charge on any atom is 0.0572 e. The second-order valence-electron chi connectivity index (χ2n) is 6.35. The largest absolute Gasteiger partial charge is 0.381 e. The van der Waals surface area contributed by atoms with Gasteiger partial charge in [-0.25, -0.2) is 0 Å². The Morgan fingerprint density at radius 3 is 2.47 bits per heavy atom. The van der Waals surface area contributed by atoms with Gasteiger partial charge in [0.2, 0.25) is 0 Å². The monoisotopic (exact) mass is 238 g/mol. The molecule has 3 fully saturated rings. The van der Waals surface area contributed by atoms with E-state index >= 15 is 0 Å². The van der Waals surface area contributed by atoms with Crippen molar-refractivity contribution in [3.63, 3.8) is 0 Å². The van der Waals surface area contributed by atoms with E-state index in [0.29, 0.717) is 11.6 Å². The molecule has 2 bridgehead atoms. The Morgan fingerprint density at radius 1 is 1.24 bits per heavy atom. The summed E-state index contributed by atoms with van der Waals surface area (Å²) >= 11 is 0. The van der Waals surface area contributed by atoms with E-state index < -0.39 is 0 Å². The SMILES string of the molecule is COC1CCC(CN)(N2CC3CCC2C3)CC1. The molecule has 1 aliphatic heterocycles. The molecular weight excluding hydrogens is 212 g/mol. The summed E-state index contributed by atoms with van der Waals surface area (Å²) in [6.07, 6.45) is 9.67. The van der Waals surface area contributed by atoms with Gasteiger partial charge in [-0.05, 0) is 50.9 Å². The van der Waals surface area contributed by atoms with Crippen LogP contribution in [-0.4, -0.2) is 42.8 Å². The van der Waals surface area contributed by atoms with E-state index in [-0.39, 0.29) is 0 Å². The number of nitrogens with two attached hydrogens (primary N) is 1. The summed E-state index contributed by atoms with van der Waals surface area (Å²) in [6.45, 7) is 2.16. The van der Waals surface area contributed by atoms with Crippen LogP contribution in [0.25, 0.3) is 0 Å². The quantitative estimate of drug-likeness (QED) is 0.814. The third-order valence-corrected chi connectivity index (χ3v) is 5.60. The maximum absolute atomic E-state index is 6.15. The summed E-state index contributed by atoms with van der Waals surface area (Å²) in [5, 5.41) is 0. The highest BCUT2D eigenvalue weighted by Crippen LogP contribution is 2.45. The van der Waals surface area contributed by atoms with Gasteiger partial charge in [0.25, 0.3) is 0 Å². The molecule has 0 amide bonds. The first-order chi connectivity index (χ1) is 8.27. The maximum atomic E-state index is 6.15. The number of fused-ring (bicyclic) bond motifs is 2. The lowest BCUT2D eigenvalue weighted by atomic mass is 9.78. The highest BCUT2D eigenvalue weighted by Gasteiger charge is 2.48. The number of ether oxygens (including phenoxy) is 1. The fraction of sp³-hybridized carbons (Fsp3) is 1.00. The zero-order chi connectivity index (χ0) is 11.9. The van der Waals surface area contributed by atoms with Gasteiger partial charge < -0.3 is 10.5 Å². The van der Waals surface area contributed by atoms with Crippen LogP contribution in [0.15, 0.2) is 0 Å². The van der Waals surface area contributed by atoms with Gasteiger partial charge in [-0.15, -0.1) is 0 Å². The lowest BCUT2D eigenvalue weighted by Crippen LogP contribution is -2.58. The summed E-state index contributed by atoms with van der Waals surface area (Å²) in [5.74, 6) is 0.976. The van der Waals surface area contributed by atoms with Crippen LogP contribution >= 0.6 is 0 Å². The smallest absolute Gasteiger partial charge is 0.0572 e. The van der Waals surface area contributed by atoms with Crippen LogP contribution in [0, 0.1) is 5.92 Å². The number of rotatable bonds is 3. The van der Waals surface area contributed by atoms with E-state index in [1.165, 1.54) is 51.5 Å². The standard InChI is InChI=1S/C14H26N2O/c1-17-13-4-6-14(10-15,7-5-13)16-9-11-2-3-12(16)8-11/h11-13H,2-10,15H2,1H3. The Bertz CT molecular complexity index is 273. The van der Waals surface area contributed by atoms with Crippen molar-refractivity contribution < 1.29 is 4.74 Å². The third-order valence-electron chi connectivity index (χ3n) is 5.60. The van der Waals surface area contributed by atoms with E-state index in [4.69, 9.17) is 10.5 Å². The zero-order valence-corrected chi connectivity index (χ0v) is 11.0. The van der Waals surface area contributed by atoms with Gasteiger partial charge in [0.1, 0.15) is 0 Å². The second-order valence-corrected chi connectivity index (χ2v) is 6.35. The summed E-state index contributed by atoms with van der Waals surface area (Å²) in [6, 6.07) is 0.850. The molecule has 3 nitrogen and oxygen atoms in total. The number of hydrogen-bond donors (Lipinski definition) is 1. The highest BCUT2D eigenvalue weighted by atomic mass is 16.5. The van der Waals surface area contributed by atoms with Crippen molar-refractivity contribution in [3.05, 3.63) is 0 Å². The Morgan fingerprint density at radius 2 is 2.00 bits per heavy atom. The summed E-state index contributed by atoms with van der Waals surface area (Å²) < 4.78 is 5.49. The average molecular weight is 238 g/mol. The first-order valence-electron chi connectivity index (χ1n) is 7.27. The van der Waals surface area contributed by atoms with Crippen LogP contribution < -0.4 is 5.73 Å². The number of piperidine rings is 1. The molecule has 2 saturated carbocycles. The van der Waals surface area contributed by atoms with Crippen LogP contribution in [0.2, 0.25) is 0 Å². The van der Waals surface area contributed by atoms with Gasteiger partial charge in [0.05, 0.1) is 6.10 Å². The molecule has 2 N–H and O–H groups in total. The average Bonchev–Trinajstić information content (AvgIpc) is 3.01. The van der Waals surface area contributed by atoms with Crippen molar-refractivity contribution in [1.82, 2.24) is 4.90 Å². The van der Waals surface area contributed by atoms with E-state index in [1.807, 2.05) is 7.11 Å². The number of hydrogen-bond acceptors (Lipinski definition) is 3. The lowest BCUT2D eigenvalue weighted by molar-refractivity contribution is -0.0198. The van der Waals surface area contributed by atoms with Crippen LogP contribution in [0.3, 0.4) is 0 Å². The fourth-order valence-electron chi connectivity index (χ4n) is 4.48. The van der Waals surface area contributed by atoms with Crippen LogP contribution in [0.5, 0.6) is 0 Å². The van der Waals surface area contributed by atoms with Gasteiger partial charge in [0, 0.05) is 31.8 Å². The summed E-state index contributed by atoms with van der Waals surface area (Å²) in [7, 11) is 1.85. The predicted molar refractivity (Wildman–Crippen MR) is 68.9 cm³/mol. The molecule has 2 aliphatic carbocycles. The van der Waals surface area contributed by atoms with E-state index in [2.05, 4.69) is 4.90 Å². The minimum absolute atomic E-state index is 0.314. The van der Waals surface area contributed by atoms with E-state index in [0.717, 1.165) is 18.5 Å². The molecule has 0 radical (unpaired) electrons. The molecule has 2 atom stereocenters. The van der Waals surface area contributed by atoms with Crippen molar-refractivity contribution >= 4 is 0 Å².